The molecule has 0 aromatic rings. The van der Waals surface area contributed by atoms with Gasteiger partial charge in [-0.2, -0.15) is 0 Å². The number of piperazine rings is 1. The maximum absolute atomic E-state index is 10.3. The SMILES string of the molecule is CCN1CCN(CC(O)CN2CC(C)OC(C)C2)CC1. The number of aliphatic hydroxyl groups is 1. The molecule has 2 rings (SSSR count). The van der Waals surface area contributed by atoms with Crippen molar-refractivity contribution < 1.29 is 9.84 Å². The van der Waals surface area contributed by atoms with Crippen molar-refractivity contribution in [1.82, 2.24) is 14.7 Å². The van der Waals surface area contributed by atoms with Gasteiger partial charge in [0.05, 0.1) is 18.3 Å². The molecule has 0 amide bonds. The summed E-state index contributed by atoms with van der Waals surface area (Å²) in [5, 5.41) is 10.3. The molecule has 2 aliphatic heterocycles. The molecule has 0 radical (unpaired) electrons. The second-order valence-corrected chi connectivity index (χ2v) is 6.36. The molecule has 0 aromatic heterocycles. The van der Waals surface area contributed by atoms with Crippen LogP contribution in [0.1, 0.15) is 20.8 Å². The molecule has 20 heavy (non-hydrogen) atoms. The zero-order valence-corrected chi connectivity index (χ0v) is 13.3. The van der Waals surface area contributed by atoms with Crippen molar-refractivity contribution in [3.63, 3.8) is 0 Å². The number of hydrogen-bond acceptors (Lipinski definition) is 5. The fourth-order valence-corrected chi connectivity index (χ4v) is 3.38. The highest BCUT2D eigenvalue weighted by Gasteiger charge is 2.25. The maximum atomic E-state index is 10.3. The van der Waals surface area contributed by atoms with Crippen LogP contribution < -0.4 is 0 Å². The van der Waals surface area contributed by atoms with Gasteiger partial charge in [-0.25, -0.2) is 0 Å². The minimum absolute atomic E-state index is 0.249. The van der Waals surface area contributed by atoms with Crippen molar-refractivity contribution in [3.05, 3.63) is 0 Å². The third kappa shape index (κ3) is 4.97. The predicted octanol–water partition coefficient (Wildman–Crippen LogP) is 0.0940. The van der Waals surface area contributed by atoms with Gasteiger partial charge in [0, 0.05) is 52.4 Å². The molecule has 2 fully saturated rings. The number of ether oxygens (including phenoxy) is 1. The van der Waals surface area contributed by atoms with Crippen LogP contribution in [0.25, 0.3) is 0 Å². The van der Waals surface area contributed by atoms with Gasteiger partial charge in [-0.05, 0) is 20.4 Å². The van der Waals surface area contributed by atoms with Crippen molar-refractivity contribution in [2.24, 2.45) is 0 Å². The summed E-state index contributed by atoms with van der Waals surface area (Å²) >= 11 is 0. The molecule has 3 unspecified atom stereocenters. The number of hydrogen-bond donors (Lipinski definition) is 1. The van der Waals surface area contributed by atoms with E-state index in [1.807, 2.05) is 0 Å². The summed E-state index contributed by atoms with van der Waals surface area (Å²) in [7, 11) is 0. The lowest BCUT2D eigenvalue weighted by molar-refractivity contribution is -0.0784. The lowest BCUT2D eigenvalue weighted by Gasteiger charge is -2.38. The monoisotopic (exact) mass is 285 g/mol. The third-order valence-corrected chi connectivity index (χ3v) is 4.35. The van der Waals surface area contributed by atoms with Gasteiger partial charge in [0.15, 0.2) is 0 Å². The van der Waals surface area contributed by atoms with Gasteiger partial charge in [-0.15, -0.1) is 0 Å². The molecule has 2 saturated heterocycles. The lowest BCUT2D eigenvalue weighted by Crippen LogP contribution is -2.52. The molecule has 0 spiro atoms. The molecule has 0 aromatic carbocycles. The summed E-state index contributed by atoms with van der Waals surface area (Å²) in [6, 6.07) is 0. The van der Waals surface area contributed by atoms with Crippen LogP contribution in [0.2, 0.25) is 0 Å². The third-order valence-electron chi connectivity index (χ3n) is 4.35. The molecule has 1 N–H and O–H groups in total. The molecule has 0 aliphatic carbocycles. The molecule has 0 saturated carbocycles. The first-order chi connectivity index (χ1) is 9.56. The topological polar surface area (TPSA) is 39.2 Å². The van der Waals surface area contributed by atoms with Crippen LogP contribution in [0, 0.1) is 0 Å². The van der Waals surface area contributed by atoms with Crippen molar-refractivity contribution in [2.45, 2.75) is 39.1 Å². The maximum Gasteiger partial charge on any atom is 0.0793 e. The minimum atomic E-state index is -0.249. The Bertz CT molecular complexity index is 272. The normalized spacial score (nSPS) is 32.4. The van der Waals surface area contributed by atoms with Crippen molar-refractivity contribution in [3.8, 4) is 0 Å². The fraction of sp³-hybridized carbons (Fsp3) is 1.00. The van der Waals surface area contributed by atoms with Crippen LogP contribution in [-0.4, -0.2) is 97.0 Å². The van der Waals surface area contributed by atoms with Crippen LogP contribution in [0.4, 0.5) is 0 Å². The number of morpholine rings is 1. The van der Waals surface area contributed by atoms with E-state index in [1.54, 1.807) is 0 Å². The smallest absolute Gasteiger partial charge is 0.0793 e. The number of aliphatic hydroxyl groups excluding tert-OH is 1. The summed E-state index contributed by atoms with van der Waals surface area (Å²) in [4.78, 5) is 7.20. The Kier molecular flexibility index (Phi) is 6.23. The van der Waals surface area contributed by atoms with E-state index in [9.17, 15) is 5.11 Å². The number of nitrogens with zero attached hydrogens (tertiary/aromatic N) is 3. The standard InChI is InChI=1S/C15H31N3O2/c1-4-16-5-7-17(8-6-16)11-15(19)12-18-9-13(2)20-14(3)10-18/h13-15,19H,4-12H2,1-3H3. The van der Waals surface area contributed by atoms with E-state index in [4.69, 9.17) is 4.74 Å². The molecule has 0 bridgehead atoms. The van der Waals surface area contributed by atoms with E-state index in [-0.39, 0.29) is 18.3 Å². The quantitative estimate of drug-likeness (QED) is 0.775. The average Bonchev–Trinajstić information content (AvgIpc) is 2.38. The van der Waals surface area contributed by atoms with E-state index >= 15 is 0 Å². The Morgan fingerprint density at radius 2 is 1.45 bits per heavy atom. The Labute approximate surface area is 123 Å². The zero-order chi connectivity index (χ0) is 14.5. The molecule has 5 heteroatoms. The van der Waals surface area contributed by atoms with Crippen LogP contribution in [0.3, 0.4) is 0 Å². The highest BCUT2D eigenvalue weighted by Crippen LogP contribution is 2.11. The Balaban J connectivity index is 1.68. The molecule has 2 heterocycles. The number of likely N-dealkylation sites (N-methyl/N-ethyl adjacent to an activating group) is 1. The van der Waals surface area contributed by atoms with Gasteiger partial charge in [0.2, 0.25) is 0 Å². The van der Waals surface area contributed by atoms with E-state index in [1.165, 1.54) is 0 Å². The lowest BCUT2D eigenvalue weighted by atomic mass is 10.2. The summed E-state index contributed by atoms with van der Waals surface area (Å²) in [6.07, 6.45) is 0.304. The molecular formula is C15H31N3O2. The van der Waals surface area contributed by atoms with Gasteiger partial charge < -0.3 is 14.7 Å². The summed E-state index contributed by atoms with van der Waals surface area (Å²) in [6.45, 7) is 15.5. The van der Waals surface area contributed by atoms with Gasteiger partial charge in [0.25, 0.3) is 0 Å². The van der Waals surface area contributed by atoms with Crippen LogP contribution in [0.15, 0.2) is 0 Å². The van der Waals surface area contributed by atoms with E-state index in [0.29, 0.717) is 0 Å². The molecule has 5 nitrogen and oxygen atoms in total. The summed E-state index contributed by atoms with van der Waals surface area (Å²) < 4.78 is 5.73. The largest absolute Gasteiger partial charge is 0.390 e. The Morgan fingerprint density at radius 1 is 0.950 bits per heavy atom. The molecule has 2 aliphatic rings. The van der Waals surface area contributed by atoms with Crippen molar-refractivity contribution in [1.29, 1.82) is 0 Å². The highest BCUT2D eigenvalue weighted by molar-refractivity contribution is 4.78. The van der Waals surface area contributed by atoms with E-state index < -0.39 is 0 Å². The molecule has 3 atom stereocenters. The Hall–Kier alpha value is -0.200. The highest BCUT2D eigenvalue weighted by atomic mass is 16.5. The second-order valence-electron chi connectivity index (χ2n) is 6.36. The van der Waals surface area contributed by atoms with E-state index in [0.717, 1.165) is 58.9 Å². The Morgan fingerprint density at radius 3 is 2.00 bits per heavy atom. The van der Waals surface area contributed by atoms with Crippen molar-refractivity contribution in [2.75, 3.05) is 58.9 Å². The fourth-order valence-electron chi connectivity index (χ4n) is 3.38. The van der Waals surface area contributed by atoms with Gasteiger partial charge in [-0.1, -0.05) is 6.92 Å². The van der Waals surface area contributed by atoms with Crippen LogP contribution in [0.5, 0.6) is 0 Å². The second kappa shape index (κ2) is 7.71. The van der Waals surface area contributed by atoms with Gasteiger partial charge in [-0.3, -0.25) is 9.80 Å². The first kappa shape index (κ1) is 16.2. The number of β-amino-alcohol motifs (C(OH)–C–C–N with tert-alkyl or cyclic N) is 1. The summed E-state index contributed by atoms with van der Waals surface area (Å²) in [5.74, 6) is 0. The van der Waals surface area contributed by atoms with Crippen LogP contribution in [-0.2, 0) is 4.74 Å². The predicted molar refractivity (Wildman–Crippen MR) is 81.0 cm³/mol. The van der Waals surface area contributed by atoms with Gasteiger partial charge in [0.1, 0.15) is 0 Å². The molecule has 118 valence electrons. The van der Waals surface area contributed by atoms with E-state index in [2.05, 4.69) is 35.5 Å². The average molecular weight is 285 g/mol. The minimum Gasteiger partial charge on any atom is -0.390 e. The van der Waals surface area contributed by atoms with Gasteiger partial charge >= 0.3 is 0 Å². The zero-order valence-electron chi connectivity index (χ0n) is 13.3. The molecular weight excluding hydrogens is 254 g/mol. The first-order valence-electron chi connectivity index (χ1n) is 8.07. The van der Waals surface area contributed by atoms with Crippen LogP contribution >= 0.6 is 0 Å². The number of rotatable bonds is 5. The van der Waals surface area contributed by atoms with Crippen molar-refractivity contribution >= 4 is 0 Å². The first-order valence-corrected chi connectivity index (χ1v) is 8.07. The summed E-state index contributed by atoms with van der Waals surface area (Å²) in [5.41, 5.74) is 0.